The molecule has 94 valence electrons. The van der Waals surface area contributed by atoms with Gasteiger partial charge in [0.25, 0.3) is 0 Å². The van der Waals surface area contributed by atoms with Gasteiger partial charge in [-0.25, -0.2) is 9.97 Å². The molecule has 18 heavy (non-hydrogen) atoms. The van der Waals surface area contributed by atoms with Crippen LogP contribution >= 0.6 is 23.2 Å². The van der Waals surface area contributed by atoms with Gasteiger partial charge >= 0.3 is 0 Å². The zero-order chi connectivity index (χ0) is 12.9. The van der Waals surface area contributed by atoms with Gasteiger partial charge in [-0.15, -0.1) is 0 Å². The van der Waals surface area contributed by atoms with Crippen molar-refractivity contribution in [1.29, 1.82) is 0 Å². The van der Waals surface area contributed by atoms with E-state index < -0.39 is 0 Å². The topological polar surface area (TPSA) is 38.9 Å². The maximum absolute atomic E-state index is 6.00. The largest absolute Gasteiger partial charge is 0.457 e. The highest BCUT2D eigenvalue weighted by Crippen LogP contribution is 2.47. The van der Waals surface area contributed by atoms with Crippen LogP contribution in [-0.4, -0.2) is 9.97 Å². The lowest BCUT2D eigenvalue weighted by atomic mass is 10.3. The molecule has 0 aliphatic heterocycles. The van der Waals surface area contributed by atoms with E-state index in [1.807, 2.05) is 12.1 Å². The molecule has 1 aliphatic rings. The van der Waals surface area contributed by atoms with E-state index >= 15 is 0 Å². The molecule has 0 bridgehead atoms. The zero-order valence-electron chi connectivity index (χ0n) is 10.1. The van der Waals surface area contributed by atoms with Gasteiger partial charge in [-0.05, 0) is 31.4 Å². The van der Waals surface area contributed by atoms with Gasteiger partial charge in [-0.2, -0.15) is 0 Å². The lowest BCUT2D eigenvalue weighted by molar-refractivity contribution is 0.515. The average Bonchev–Trinajstić information content (AvgIpc) is 2.89. The second-order valence-corrected chi connectivity index (χ2v) is 5.49. The summed E-state index contributed by atoms with van der Waals surface area (Å²) in [7, 11) is 0. The standard InChI is InChI=1S/C13H12Cl2N2O/c1-6-5-8(6)9-3-4-10(18-9)13-16-11(14)7(2)12(15)17-13/h3-4,6,8H,5H2,1-2H3. The highest BCUT2D eigenvalue weighted by atomic mass is 35.5. The van der Waals surface area contributed by atoms with Crippen LogP contribution in [0.5, 0.6) is 0 Å². The SMILES string of the molecule is Cc1c(Cl)nc(-c2ccc(C3CC3C)o2)nc1Cl. The number of hydrogen-bond donors (Lipinski definition) is 0. The minimum Gasteiger partial charge on any atom is -0.457 e. The fourth-order valence-corrected chi connectivity index (χ4v) is 2.35. The van der Waals surface area contributed by atoms with Crippen molar-refractivity contribution < 1.29 is 4.42 Å². The molecule has 5 heteroatoms. The molecular weight excluding hydrogens is 271 g/mol. The van der Waals surface area contributed by atoms with Crippen LogP contribution in [0, 0.1) is 12.8 Å². The molecule has 0 amide bonds. The summed E-state index contributed by atoms with van der Waals surface area (Å²) in [4.78, 5) is 8.38. The third-order valence-electron chi connectivity index (χ3n) is 3.35. The van der Waals surface area contributed by atoms with Crippen LogP contribution in [0.2, 0.25) is 10.3 Å². The quantitative estimate of drug-likeness (QED) is 0.763. The van der Waals surface area contributed by atoms with E-state index in [2.05, 4.69) is 16.9 Å². The second kappa shape index (κ2) is 4.25. The minimum atomic E-state index is 0.364. The van der Waals surface area contributed by atoms with Gasteiger partial charge < -0.3 is 4.42 Å². The van der Waals surface area contributed by atoms with Crippen molar-refractivity contribution in [2.45, 2.75) is 26.2 Å². The molecule has 0 saturated heterocycles. The molecule has 2 atom stereocenters. The molecule has 0 radical (unpaired) electrons. The Hall–Kier alpha value is -1.06. The third-order valence-corrected chi connectivity index (χ3v) is 4.09. The normalized spacial score (nSPS) is 22.2. The van der Waals surface area contributed by atoms with Gasteiger partial charge in [-0.1, -0.05) is 30.1 Å². The first-order valence-electron chi connectivity index (χ1n) is 5.86. The fourth-order valence-electron chi connectivity index (χ4n) is 1.96. The van der Waals surface area contributed by atoms with Crippen LogP contribution in [-0.2, 0) is 0 Å². The number of aromatic nitrogens is 2. The molecule has 1 fully saturated rings. The van der Waals surface area contributed by atoms with E-state index in [1.54, 1.807) is 6.92 Å². The van der Waals surface area contributed by atoms with Crippen LogP contribution in [0.1, 0.15) is 30.6 Å². The molecule has 2 aromatic rings. The van der Waals surface area contributed by atoms with E-state index in [1.165, 1.54) is 6.42 Å². The maximum Gasteiger partial charge on any atom is 0.198 e. The number of rotatable bonds is 2. The van der Waals surface area contributed by atoms with Crippen molar-refractivity contribution in [3.63, 3.8) is 0 Å². The van der Waals surface area contributed by atoms with Crippen LogP contribution in [0.15, 0.2) is 16.5 Å². The van der Waals surface area contributed by atoms with Crippen LogP contribution < -0.4 is 0 Å². The van der Waals surface area contributed by atoms with E-state index in [-0.39, 0.29) is 0 Å². The maximum atomic E-state index is 6.00. The summed E-state index contributed by atoms with van der Waals surface area (Å²) in [5, 5.41) is 0.727. The van der Waals surface area contributed by atoms with Gasteiger partial charge in [0.05, 0.1) is 0 Å². The van der Waals surface area contributed by atoms with Crippen molar-refractivity contribution in [2.75, 3.05) is 0 Å². The Bertz CT molecular complexity index is 586. The summed E-state index contributed by atoms with van der Waals surface area (Å²) in [6.45, 7) is 4.00. The first-order chi connectivity index (χ1) is 8.56. The van der Waals surface area contributed by atoms with E-state index in [4.69, 9.17) is 27.6 Å². The molecule has 2 aromatic heterocycles. The fraction of sp³-hybridized carbons (Fsp3) is 0.385. The Morgan fingerprint density at radius 2 is 1.83 bits per heavy atom. The molecule has 2 unspecified atom stereocenters. The summed E-state index contributed by atoms with van der Waals surface area (Å²) in [6.07, 6.45) is 1.18. The summed E-state index contributed by atoms with van der Waals surface area (Å²) >= 11 is 12.0. The Morgan fingerprint density at radius 1 is 1.22 bits per heavy atom. The van der Waals surface area contributed by atoms with Crippen LogP contribution in [0.25, 0.3) is 11.6 Å². The molecule has 1 saturated carbocycles. The van der Waals surface area contributed by atoms with Crippen molar-refractivity contribution in [1.82, 2.24) is 9.97 Å². The molecular formula is C13H12Cl2N2O. The summed E-state index contributed by atoms with van der Waals surface area (Å²) in [5.74, 6) is 3.29. The van der Waals surface area contributed by atoms with Crippen LogP contribution in [0.4, 0.5) is 0 Å². The molecule has 3 rings (SSSR count). The highest BCUT2D eigenvalue weighted by Gasteiger charge is 2.36. The Kier molecular flexibility index (Phi) is 2.83. The third kappa shape index (κ3) is 2.02. The molecule has 0 aromatic carbocycles. The Morgan fingerprint density at radius 3 is 2.39 bits per heavy atom. The second-order valence-electron chi connectivity index (χ2n) is 4.78. The number of furan rings is 1. The van der Waals surface area contributed by atoms with Crippen molar-refractivity contribution >= 4 is 23.2 Å². The lowest BCUT2D eigenvalue weighted by Crippen LogP contribution is -1.92. The number of halogens is 2. The summed E-state index contributed by atoms with van der Waals surface area (Å²) in [6, 6.07) is 3.85. The smallest absolute Gasteiger partial charge is 0.198 e. The zero-order valence-corrected chi connectivity index (χ0v) is 11.6. The lowest BCUT2D eigenvalue weighted by Gasteiger charge is -2.02. The van der Waals surface area contributed by atoms with E-state index in [0.29, 0.717) is 39.3 Å². The van der Waals surface area contributed by atoms with E-state index in [0.717, 1.165) is 5.76 Å². The highest BCUT2D eigenvalue weighted by molar-refractivity contribution is 6.34. The molecule has 1 aliphatic carbocycles. The van der Waals surface area contributed by atoms with Gasteiger partial charge in [0.2, 0.25) is 0 Å². The predicted molar refractivity (Wildman–Crippen MR) is 71.0 cm³/mol. The first kappa shape index (κ1) is 12.0. The summed E-state index contributed by atoms with van der Waals surface area (Å²) in [5.41, 5.74) is 0.685. The van der Waals surface area contributed by atoms with Gasteiger partial charge in [-0.3, -0.25) is 0 Å². The van der Waals surface area contributed by atoms with Crippen molar-refractivity contribution in [2.24, 2.45) is 5.92 Å². The number of hydrogen-bond acceptors (Lipinski definition) is 3. The molecule has 3 nitrogen and oxygen atoms in total. The van der Waals surface area contributed by atoms with Crippen LogP contribution in [0.3, 0.4) is 0 Å². The van der Waals surface area contributed by atoms with Gasteiger partial charge in [0.1, 0.15) is 16.1 Å². The predicted octanol–water partition coefficient (Wildman–Crippen LogP) is 4.48. The molecule has 0 N–H and O–H groups in total. The van der Waals surface area contributed by atoms with Crippen molar-refractivity contribution in [3.05, 3.63) is 33.8 Å². The molecule has 2 heterocycles. The van der Waals surface area contributed by atoms with E-state index in [9.17, 15) is 0 Å². The van der Waals surface area contributed by atoms with Gasteiger partial charge in [0, 0.05) is 11.5 Å². The molecule has 0 spiro atoms. The Labute approximate surface area is 115 Å². The Balaban J connectivity index is 1.97. The monoisotopic (exact) mass is 282 g/mol. The average molecular weight is 283 g/mol. The first-order valence-corrected chi connectivity index (χ1v) is 6.61. The van der Waals surface area contributed by atoms with Gasteiger partial charge in [0.15, 0.2) is 11.6 Å². The van der Waals surface area contributed by atoms with Crippen molar-refractivity contribution in [3.8, 4) is 11.6 Å². The number of nitrogens with zero attached hydrogens (tertiary/aromatic N) is 2. The summed E-state index contributed by atoms with van der Waals surface area (Å²) < 4.78 is 5.77. The minimum absolute atomic E-state index is 0.364.